The van der Waals surface area contributed by atoms with Gasteiger partial charge in [0, 0.05) is 6.07 Å². The van der Waals surface area contributed by atoms with Gasteiger partial charge >= 0.3 is 0 Å². The molecule has 9 heteroatoms. The topological polar surface area (TPSA) is 105 Å². The fourth-order valence-corrected chi connectivity index (χ4v) is 3.82. The Labute approximate surface area is 177 Å². The van der Waals surface area contributed by atoms with Gasteiger partial charge < -0.3 is 20.7 Å². The molecule has 0 aliphatic carbocycles. The fraction of sp³-hybridized carbons (Fsp3) is 0.200. The van der Waals surface area contributed by atoms with Gasteiger partial charge in [0.15, 0.2) is 11.0 Å². The lowest BCUT2D eigenvalue weighted by molar-refractivity contribution is 0.317. The average Bonchev–Trinajstić information content (AvgIpc) is 3.34. The summed E-state index contributed by atoms with van der Waals surface area (Å²) in [6, 6.07) is 12.4. The molecule has 29 heavy (non-hydrogen) atoms. The lowest BCUT2D eigenvalue weighted by Gasteiger charge is -2.09. The molecule has 1 aromatic carbocycles. The first-order chi connectivity index (χ1) is 14.0. The van der Waals surface area contributed by atoms with E-state index in [0.717, 1.165) is 34.5 Å². The summed E-state index contributed by atoms with van der Waals surface area (Å²) >= 11 is 2.59. The third-order valence-electron chi connectivity index (χ3n) is 3.88. The number of nitrogens with two attached hydrogens (primary N) is 1. The molecule has 0 aliphatic heterocycles. The summed E-state index contributed by atoms with van der Waals surface area (Å²) in [5.74, 6) is 0.483. The SMILES string of the molecule is CCCOc1ccc(-n2c(O)cc(S/C(N)=N/N=C(\C)c3cccs3)c2O)cc1. The van der Waals surface area contributed by atoms with Crippen molar-refractivity contribution in [2.24, 2.45) is 15.9 Å². The van der Waals surface area contributed by atoms with Gasteiger partial charge in [0.25, 0.3) is 0 Å². The maximum Gasteiger partial charge on any atom is 0.213 e. The van der Waals surface area contributed by atoms with Crippen molar-refractivity contribution in [2.45, 2.75) is 25.2 Å². The standard InChI is InChI=1S/C20H22N4O3S2/c1-3-10-27-15-8-6-14(7-9-15)24-18(25)12-17(19(24)26)29-20(21)23-22-13(2)16-5-4-11-28-16/h4-9,11-12,25-26H,3,10H2,1-2H3,(H2,21,23)/b22-13+. The van der Waals surface area contributed by atoms with Crippen LogP contribution in [0.25, 0.3) is 5.69 Å². The summed E-state index contributed by atoms with van der Waals surface area (Å²) in [4.78, 5) is 1.38. The highest BCUT2D eigenvalue weighted by Gasteiger charge is 2.17. The first kappa shape index (κ1) is 20.8. The van der Waals surface area contributed by atoms with E-state index in [4.69, 9.17) is 10.5 Å². The number of aromatic nitrogens is 1. The molecule has 2 heterocycles. The molecule has 0 saturated heterocycles. The molecule has 0 bridgehead atoms. The van der Waals surface area contributed by atoms with Crippen LogP contribution in [0.5, 0.6) is 17.5 Å². The van der Waals surface area contributed by atoms with Gasteiger partial charge in [0.05, 0.1) is 27.8 Å². The first-order valence-corrected chi connectivity index (χ1v) is 10.7. The van der Waals surface area contributed by atoms with Crippen LogP contribution in [-0.4, -0.2) is 32.3 Å². The highest BCUT2D eigenvalue weighted by molar-refractivity contribution is 8.13. The van der Waals surface area contributed by atoms with Crippen LogP contribution in [0.2, 0.25) is 0 Å². The van der Waals surface area contributed by atoms with Crippen molar-refractivity contribution in [3.8, 4) is 23.2 Å². The number of hydrogen-bond acceptors (Lipinski definition) is 7. The van der Waals surface area contributed by atoms with Crippen molar-refractivity contribution in [3.05, 3.63) is 52.7 Å². The molecular formula is C20H22N4O3S2. The summed E-state index contributed by atoms with van der Waals surface area (Å²) in [6.07, 6.45) is 0.918. The van der Waals surface area contributed by atoms with Crippen LogP contribution in [0.15, 0.2) is 62.9 Å². The van der Waals surface area contributed by atoms with E-state index in [1.807, 2.05) is 31.4 Å². The van der Waals surface area contributed by atoms with Crippen molar-refractivity contribution in [1.82, 2.24) is 4.57 Å². The molecule has 3 aromatic rings. The second-order valence-corrected chi connectivity index (χ2v) is 8.08. The molecule has 0 amide bonds. The lowest BCUT2D eigenvalue weighted by Crippen LogP contribution is -2.05. The highest BCUT2D eigenvalue weighted by Crippen LogP contribution is 2.38. The average molecular weight is 431 g/mol. The van der Waals surface area contributed by atoms with E-state index < -0.39 is 0 Å². The Morgan fingerprint density at radius 3 is 2.62 bits per heavy atom. The second kappa shape index (κ2) is 9.53. The third kappa shape index (κ3) is 5.12. The number of aromatic hydroxyl groups is 2. The van der Waals surface area contributed by atoms with Gasteiger partial charge in [-0.25, -0.2) is 0 Å². The second-order valence-electron chi connectivity index (χ2n) is 6.07. The molecule has 152 valence electrons. The fourth-order valence-electron chi connectivity index (χ4n) is 2.50. The Balaban J connectivity index is 1.77. The smallest absolute Gasteiger partial charge is 0.213 e. The minimum Gasteiger partial charge on any atom is -0.494 e. The molecule has 0 atom stereocenters. The van der Waals surface area contributed by atoms with Crippen molar-refractivity contribution < 1.29 is 14.9 Å². The van der Waals surface area contributed by atoms with Crippen LogP contribution in [0.3, 0.4) is 0 Å². The summed E-state index contributed by atoms with van der Waals surface area (Å²) in [5.41, 5.74) is 7.28. The van der Waals surface area contributed by atoms with Crippen LogP contribution in [0.4, 0.5) is 0 Å². The number of ether oxygens (including phenoxy) is 1. The summed E-state index contributed by atoms with van der Waals surface area (Å²) in [7, 11) is 0. The normalized spacial score (nSPS) is 12.3. The molecule has 0 aliphatic rings. The molecule has 0 spiro atoms. The molecule has 0 radical (unpaired) electrons. The third-order valence-corrected chi connectivity index (χ3v) is 5.67. The number of benzene rings is 1. The Morgan fingerprint density at radius 1 is 1.21 bits per heavy atom. The molecule has 3 rings (SSSR count). The van der Waals surface area contributed by atoms with Gasteiger partial charge in [-0.05, 0) is 60.8 Å². The Kier molecular flexibility index (Phi) is 6.84. The van der Waals surface area contributed by atoms with Gasteiger partial charge in [-0.1, -0.05) is 13.0 Å². The molecule has 0 fully saturated rings. The number of thioether (sulfide) groups is 1. The summed E-state index contributed by atoms with van der Waals surface area (Å²) in [6.45, 7) is 4.52. The largest absolute Gasteiger partial charge is 0.494 e. The number of amidine groups is 1. The van der Waals surface area contributed by atoms with Crippen LogP contribution in [-0.2, 0) is 0 Å². The van der Waals surface area contributed by atoms with Crippen LogP contribution in [0, 0.1) is 0 Å². The number of thiophene rings is 1. The van der Waals surface area contributed by atoms with E-state index in [-0.39, 0.29) is 16.9 Å². The summed E-state index contributed by atoms with van der Waals surface area (Å²) in [5, 5.41) is 31.1. The molecule has 0 unspecified atom stereocenters. The predicted molar refractivity (Wildman–Crippen MR) is 119 cm³/mol. The van der Waals surface area contributed by atoms with E-state index in [9.17, 15) is 10.2 Å². The Hall–Kier alpha value is -2.91. The zero-order valence-corrected chi connectivity index (χ0v) is 17.7. The number of rotatable bonds is 7. The quantitative estimate of drug-likeness (QED) is 0.220. The van der Waals surface area contributed by atoms with Crippen LogP contribution in [0.1, 0.15) is 25.1 Å². The van der Waals surface area contributed by atoms with Gasteiger partial charge in [0.2, 0.25) is 5.88 Å². The van der Waals surface area contributed by atoms with Crippen LogP contribution >= 0.6 is 23.1 Å². The van der Waals surface area contributed by atoms with Crippen molar-refractivity contribution in [2.75, 3.05) is 6.61 Å². The van der Waals surface area contributed by atoms with E-state index in [1.54, 1.807) is 35.6 Å². The molecule has 2 aromatic heterocycles. The Bertz CT molecular complexity index is 1010. The van der Waals surface area contributed by atoms with Crippen molar-refractivity contribution >= 4 is 34.0 Å². The number of hydrogen-bond donors (Lipinski definition) is 3. The van der Waals surface area contributed by atoms with Crippen molar-refractivity contribution in [3.63, 3.8) is 0 Å². The van der Waals surface area contributed by atoms with Crippen LogP contribution < -0.4 is 10.5 Å². The summed E-state index contributed by atoms with van der Waals surface area (Å²) < 4.78 is 6.87. The maximum absolute atomic E-state index is 10.6. The Morgan fingerprint density at radius 2 is 1.97 bits per heavy atom. The van der Waals surface area contributed by atoms with E-state index in [2.05, 4.69) is 10.2 Å². The van der Waals surface area contributed by atoms with E-state index in [1.165, 1.54) is 10.6 Å². The molecular weight excluding hydrogens is 408 g/mol. The maximum atomic E-state index is 10.6. The van der Waals surface area contributed by atoms with Gasteiger partial charge in [-0.2, -0.15) is 5.10 Å². The van der Waals surface area contributed by atoms with E-state index >= 15 is 0 Å². The zero-order valence-electron chi connectivity index (χ0n) is 16.1. The minimum atomic E-state index is -0.133. The van der Waals surface area contributed by atoms with E-state index in [0.29, 0.717) is 17.2 Å². The zero-order chi connectivity index (χ0) is 20.8. The lowest BCUT2D eigenvalue weighted by atomic mass is 10.3. The first-order valence-electron chi connectivity index (χ1n) is 8.96. The monoisotopic (exact) mass is 430 g/mol. The van der Waals surface area contributed by atoms with Gasteiger partial charge in [-0.15, -0.1) is 16.4 Å². The van der Waals surface area contributed by atoms with Crippen molar-refractivity contribution in [1.29, 1.82) is 0 Å². The predicted octanol–water partition coefficient (Wildman–Crippen LogP) is 4.57. The molecule has 4 N–H and O–H groups in total. The highest BCUT2D eigenvalue weighted by atomic mass is 32.2. The molecule has 0 saturated carbocycles. The number of nitrogens with zero attached hydrogens (tertiary/aromatic N) is 3. The van der Waals surface area contributed by atoms with Gasteiger partial charge in [0.1, 0.15) is 5.75 Å². The molecule has 7 nitrogen and oxygen atoms in total. The minimum absolute atomic E-state index is 0.113. The van der Waals surface area contributed by atoms with Gasteiger partial charge in [-0.3, -0.25) is 4.57 Å².